The lowest BCUT2D eigenvalue weighted by Crippen LogP contribution is -2.42. The minimum atomic E-state index is -3.73. The van der Waals surface area contributed by atoms with Gasteiger partial charge in [-0.15, -0.1) is 0 Å². The van der Waals surface area contributed by atoms with Gasteiger partial charge in [-0.05, 0) is 17.5 Å². The second-order valence-corrected chi connectivity index (χ2v) is 6.70. The van der Waals surface area contributed by atoms with Crippen molar-refractivity contribution in [1.29, 1.82) is 0 Å². The minimum Gasteiger partial charge on any atom is -0.480 e. The number of carboxylic acids is 1. The number of hydrogen-bond donors (Lipinski definition) is 2. The highest BCUT2D eigenvalue weighted by Gasteiger charge is 2.24. The predicted molar refractivity (Wildman–Crippen MR) is 83.8 cm³/mol. The molecule has 0 bridgehead atoms. The Morgan fingerprint density at radius 3 is 1.95 bits per heavy atom. The molecule has 0 aliphatic rings. The maximum atomic E-state index is 12.1. The van der Waals surface area contributed by atoms with Crippen molar-refractivity contribution in [2.24, 2.45) is 0 Å². The van der Waals surface area contributed by atoms with E-state index in [2.05, 4.69) is 4.72 Å². The molecule has 0 fully saturated rings. The summed E-state index contributed by atoms with van der Waals surface area (Å²) in [7, 11) is -3.73. The van der Waals surface area contributed by atoms with Crippen LogP contribution in [-0.4, -0.2) is 25.5 Å². The molecule has 2 N–H and O–H groups in total. The number of carboxylic acid groups (broad SMARTS) is 1. The van der Waals surface area contributed by atoms with Gasteiger partial charge in [0.25, 0.3) is 0 Å². The molecule has 0 aliphatic heterocycles. The SMILES string of the molecule is O=C(O)[C@H](Cc1ccccc1)NS(=O)(=O)Cc1ccccc1. The fourth-order valence-corrected chi connectivity index (χ4v) is 3.41. The van der Waals surface area contributed by atoms with Crippen LogP contribution in [0.15, 0.2) is 60.7 Å². The number of sulfonamides is 1. The number of hydrogen-bond acceptors (Lipinski definition) is 3. The highest BCUT2D eigenvalue weighted by Crippen LogP contribution is 2.08. The summed E-state index contributed by atoms with van der Waals surface area (Å²) in [5.41, 5.74) is 1.37. The molecule has 5 nitrogen and oxygen atoms in total. The molecule has 0 spiro atoms. The smallest absolute Gasteiger partial charge is 0.322 e. The van der Waals surface area contributed by atoms with Gasteiger partial charge in [0.1, 0.15) is 6.04 Å². The van der Waals surface area contributed by atoms with E-state index in [4.69, 9.17) is 0 Å². The number of carbonyl (C=O) groups is 1. The highest BCUT2D eigenvalue weighted by atomic mass is 32.2. The molecular weight excluding hydrogens is 302 g/mol. The minimum absolute atomic E-state index is 0.101. The quantitative estimate of drug-likeness (QED) is 0.815. The van der Waals surface area contributed by atoms with Crippen LogP contribution in [0.4, 0.5) is 0 Å². The third-order valence-electron chi connectivity index (χ3n) is 3.10. The van der Waals surface area contributed by atoms with Crippen LogP contribution in [-0.2, 0) is 27.0 Å². The zero-order valence-electron chi connectivity index (χ0n) is 11.8. The van der Waals surface area contributed by atoms with Crippen LogP contribution >= 0.6 is 0 Å². The molecule has 0 amide bonds. The van der Waals surface area contributed by atoms with Crippen molar-refractivity contribution in [3.63, 3.8) is 0 Å². The van der Waals surface area contributed by atoms with Crippen molar-refractivity contribution in [2.75, 3.05) is 0 Å². The Kier molecular flexibility index (Phi) is 5.30. The summed E-state index contributed by atoms with van der Waals surface area (Å²) in [6.07, 6.45) is 0.101. The zero-order valence-corrected chi connectivity index (χ0v) is 12.7. The van der Waals surface area contributed by atoms with Gasteiger partial charge in [0.2, 0.25) is 10.0 Å². The van der Waals surface area contributed by atoms with Gasteiger partial charge in [0.15, 0.2) is 0 Å². The second kappa shape index (κ2) is 7.20. The van der Waals surface area contributed by atoms with Crippen LogP contribution in [0.5, 0.6) is 0 Å². The fourth-order valence-electron chi connectivity index (χ4n) is 2.08. The lowest BCUT2D eigenvalue weighted by atomic mass is 10.1. The number of nitrogens with one attached hydrogen (secondary N) is 1. The number of benzene rings is 2. The largest absolute Gasteiger partial charge is 0.480 e. The average molecular weight is 319 g/mol. The summed E-state index contributed by atoms with van der Waals surface area (Å²) >= 11 is 0. The van der Waals surface area contributed by atoms with E-state index in [0.29, 0.717) is 5.56 Å². The van der Waals surface area contributed by atoms with Gasteiger partial charge < -0.3 is 5.11 Å². The van der Waals surface area contributed by atoms with Crippen LogP contribution in [0, 0.1) is 0 Å². The van der Waals surface area contributed by atoms with Gasteiger partial charge >= 0.3 is 5.97 Å². The molecule has 0 unspecified atom stereocenters. The van der Waals surface area contributed by atoms with Crippen molar-refractivity contribution in [2.45, 2.75) is 18.2 Å². The van der Waals surface area contributed by atoms with Gasteiger partial charge in [0.05, 0.1) is 5.75 Å². The van der Waals surface area contributed by atoms with Gasteiger partial charge in [-0.3, -0.25) is 4.79 Å². The van der Waals surface area contributed by atoms with Crippen LogP contribution in [0.3, 0.4) is 0 Å². The summed E-state index contributed by atoms with van der Waals surface area (Å²) in [6, 6.07) is 16.4. The Balaban J connectivity index is 2.08. The zero-order chi connectivity index (χ0) is 16.0. The molecule has 0 saturated carbocycles. The summed E-state index contributed by atoms with van der Waals surface area (Å²) in [6.45, 7) is 0. The molecule has 1 atom stereocenters. The predicted octanol–water partition coefficient (Wildman–Crippen LogP) is 1.80. The summed E-state index contributed by atoms with van der Waals surface area (Å²) in [4.78, 5) is 11.3. The van der Waals surface area contributed by atoms with E-state index < -0.39 is 22.0 Å². The van der Waals surface area contributed by atoms with Crippen LogP contribution < -0.4 is 4.72 Å². The lowest BCUT2D eigenvalue weighted by molar-refractivity contribution is -0.138. The van der Waals surface area contributed by atoms with Crippen molar-refractivity contribution in [3.05, 3.63) is 71.8 Å². The molecule has 22 heavy (non-hydrogen) atoms. The second-order valence-electron chi connectivity index (χ2n) is 4.94. The molecule has 0 saturated heterocycles. The Hall–Kier alpha value is -2.18. The number of rotatable bonds is 7. The van der Waals surface area contributed by atoms with E-state index in [-0.39, 0.29) is 12.2 Å². The van der Waals surface area contributed by atoms with Gasteiger partial charge in [-0.2, -0.15) is 0 Å². The third-order valence-corrected chi connectivity index (χ3v) is 4.46. The van der Waals surface area contributed by atoms with Crippen molar-refractivity contribution in [3.8, 4) is 0 Å². The van der Waals surface area contributed by atoms with Crippen LogP contribution in [0.2, 0.25) is 0 Å². The van der Waals surface area contributed by atoms with Crippen molar-refractivity contribution in [1.82, 2.24) is 4.72 Å². The number of aliphatic carboxylic acids is 1. The molecule has 2 rings (SSSR count). The molecule has 2 aromatic rings. The van der Waals surface area contributed by atoms with Gasteiger partial charge in [-0.1, -0.05) is 60.7 Å². The normalized spacial score (nSPS) is 12.7. The first-order valence-electron chi connectivity index (χ1n) is 6.77. The van der Waals surface area contributed by atoms with Crippen molar-refractivity contribution >= 4 is 16.0 Å². The van der Waals surface area contributed by atoms with Crippen LogP contribution in [0.25, 0.3) is 0 Å². The lowest BCUT2D eigenvalue weighted by Gasteiger charge is -2.15. The average Bonchev–Trinajstić information content (AvgIpc) is 2.48. The van der Waals surface area contributed by atoms with E-state index in [1.807, 2.05) is 6.07 Å². The molecule has 0 heterocycles. The highest BCUT2D eigenvalue weighted by molar-refractivity contribution is 7.88. The van der Waals surface area contributed by atoms with E-state index in [1.54, 1.807) is 54.6 Å². The third kappa shape index (κ3) is 4.98. The van der Waals surface area contributed by atoms with Gasteiger partial charge in [0, 0.05) is 0 Å². The Morgan fingerprint density at radius 1 is 0.955 bits per heavy atom. The molecule has 0 aromatic heterocycles. The van der Waals surface area contributed by atoms with E-state index in [9.17, 15) is 18.3 Å². The molecule has 6 heteroatoms. The Labute approximate surface area is 129 Å². The first-order valence-corrected chi connectivity index (χ1v) is 8.42. The first-order chi connectivity index (χ1) is 10.5. The first kappa shape index (κ1) is 16.2. The monoisotopic (exact) mass is 319 g/mol. The van der Waals surface area contributed by atoms with Crippen molar-refractivity contribution < 1.29 is 18.3 Å². The summed E-state index contributed by atoms with van der Waals surface area (Å²) in [5, 5.41) is 9.24. The maximum Gasteiger partial charge on any atom is 0.322 e. The standard InChI is InChI=1S/C16H17NO4S/c18-16(19)15(11-13-7-3-1-4-8-13)17-22(20,21)12-14-9-5-2-6-10-14/h1-10,15,17H,11-12H2,(H,18,19)/t15-/m0/s1. The molecular formula is C16H17NO4S. The summed E-state index contributed by atoms with van der Waals surface area (Å²) in [5.74, 6) is -1.44. The Bertz CT molecular complexity index is 714. The molecule has 0 aliphatic carbocycles. The van der Waals surface area contributed by atoms with Crippen LogP contribution in [0.1, 0.15) is 11.1 Å². The maximum absolute atomic E-state index is 12.1. The molecule has 2 aromatic carbocycles. The van der Waals surface area contributed by atoms with E-state index in [1.165, 1.54) is 0 Å². The Morgan fingerprint density at radius 2 is 1.45 bits per heavy atom. The molecule has 116 valence electrons. The van der Waals surface area contributed by atoms with E-state index >= 15 is 0 Å². The summed E-state index contributed by atoms with van der Waals surface area (Å²) < 4.78 is 26.5. The van der Waals surface area contributed by atoms with Gasteiger partial charge in [-0.25, -0.2) is 13.1 Å². The topological polar surface area (TPSA) is 83.5 Å². The fraction of sp³-hybridized carbons (Fsp3) is 0.188. The van der Waals surface area contributed by atoms with E-state index in [0.717, 1.165) is 5.56 Å². The molecule has 0 radical (unpaired) electrons.